The SMILES string of the molecule is CC(C)CC(C)(CN)NC(=O)CN1C(=O)CSc2ccccc21.Cl. The van der Waals surface area contributed by atoms with Crippen molar-refractivity contribution in [1.29, 1.82) is 0 Å². The molecular weight excluding hydrogens is 346 g/mol. The standard InChI is InChI=1S/C17H25N3O2S.ClH/c1-12(2)8-17(3,11-18)19-15(21)9-20-13-6-4-5-7-14(13)23-10-16(20)22;/h4-7,12H,8-11,18H2,1-3H3,(H,19,21);1H. The van der Waals surface area contributed by atoms with Gasteiger partial charge in [0, 0.05) is 17.0 Å². The van der Waals surface area contributed by atoms with Gasteiger partial charge in [0.05, 0.1) is 11.4 Å². The molecule has 0 fully saturated rings. The van der Waals surface area contributed by atoms with Crippen LogP contribution in [0.5, 0.6) is 0 Å². The number of carbonyl (C=O) groups excluding carboxylic acids is 2. The quantitative estimate of drug-likeness (QED) is 0.805. The van der Waals surface area contributed by atoms with Gasteiger partial charge >= 0.3 is 0 Å². The summed E-state index contributed by atoms with van der Waals surface area (Å²) in [5.74, 6) is 0.582. The van der Waals surface area contributed by atoms with Gasteiger partial charge in [-0.3, -0.25) is 9.59 Å². The number of benzene rings is 1. The van der Waals surface area contributed by atoms with Crippen LogP contribution in [0.1, 0.15) is 27.2 Å². The van der Waals surface area contributed by atoms with Crippen LogP contribution in [0.25, 0.3) is 0 Å². The van der Waals surface area contributed by atoms with Crippen molar-refractivity contribution in [1.82, 2.24) is 5.32 Å². The molecule has 3 N–H and O–H groups in total. The molecule has 0 saturated heterocycles. The summed E-state index contributed by atoms with van der Waals surface area (Å²) in [6, 6.07) is 7.67. The zero-order chi connectivity index (χ0) is 17.0. The fourth-order valence-corrected chi connectivity index (χ4v) is 3.87. The maximum Gasteiger partial charge on any atom is 0.240 e. The molecule has 0 saturated carbocycles. The molecule has 1 aromatic rings. The van der Waals surface area contributed by atoms with Crippen molar-refractivity contribution in [3.05, 3.63) is 24.3 Å². The van der Waals surface area contributed by atoms with E-state index in [4.69, 9.17) is 5.73 Å². The monoisotopic (exact) mass is 371 g/mol. The van der Waals surface area contributed by atoms with E-state index >= 15 is 0 Å². The number of halogens is 1. The van der Waals surface area contributed by atoms with Gasteiger partial charge in [0.25, 0.3) is 0 Å². The molecule has 7 heteroatoms. The van der Waals surface area contributed by atoms with Crippen LogP contribution in [0.3, 0.4) is 0 Å². The molecule has 1 aliphatic heterocycles. The highest BCUT2D eigenvalue weighted by Gasteiger charge is 2.30. The second-order valence-corrected chi connectivity index (χ2v) is 7.66. The second kappa shape index (κ2) is 8.74. The molecule has 1 aromatic carbocycles. The summed E-state index contributed by atoms with van der Waals surface area (Å²) < 4.78 is 0. The molecule has 0 radical (unpaired) electrons. The number of para-hydroxylation sites is 1. The van der Waals surface area contributed by atoms with Crippen molar-refractivity contribution >= 4 is 41.7 Å². The van der Waals surface area contributed by atoms with E-state index in [9.17, 15) is 9.59 Å². The number of carbonyl (C=O) groups is 2. The van der Waals surface area contributed by atoms with Gasteiger partial charge in [0.2, 0.25) is 11.8 Å². The lowest BCUT2D eigenvalue weighted by Gasteiger charge is -2.33. The number of anilines is 1. The highest BCUT2D eigenvalue weighted by atomic mass is 35.5. The molecule has 1 aliphatic rings. The molecule has 0 aliphatic carbocycles. The first kappa shape index (κ1) is 20.8. The predicted molar refractivity (Wildman–Crippen MR) is 102 cm³/mol. The minimum absolute atomic E-state index is 0. The summed E-state index contributed by atoms with van der Waals surface area (Å²) >= 11 is 1.51. The fourth-order valence-electron chi connectivity index (χ4n) is 2.93. The molecule has 24 heavy (non-hydrogen) atoms. The third-order valence-electron chi connectivity index (χ3n) is 3.86. The van der Waals surface area contributed by atoms with Crippen LogP contribution in [0, 0.1) is 5.92 Å². The van der Waals surface area contributed by atoms with Gasteiger partial charge in [-0.1, -0.05) is 26.0 Å². The van der Waals surface area contributed by atoms with Crippen LogP contribution in [-0.4, -0.2) is 36.2 Å². The van der Waals surface area contributed by atoms with E-state index in [-0.39, 0.29) is 30.8 Å². The van der Waals surface area contributed by atoms with Crippen LogP contribution in [0.4, 0.5) is 5.69 Å². The smallest absolute Gasteiger partial charge is 0.240 e. The van der Waals surface area contributed by atoms with Gasteiger partial charge < -0.3 is 16.0 Å². The highest BCUT2D eigenvalue weighted by molar-refractivity contribution is 8.00. The van der Waals surface area contributed by atoms with Crippen LogP contribution in [-0.2, 0) is 9.59 Å². The lowest BCUT2D eigenvalue weighted by molar-refractivity contribution is -0.124. The molecular formula is C17H26ClN3O2S. The Balaban J connectivity index is 0.00000288. The van der Waals surface area contributed by atoms with Crippen LogP contribution in [0.15, 0.2) is 29.2 Å². The average Bonchev–Trinajstić information content (AvgIpc) is 2.49. The topological polar surface area (TPSA) is 75.4 Å². The Kier molecular flexibility index (Phi) is 7.57. The van der Waals surface area contributed by atoms with Crippen LogP contribution >= 0.6 is 24.2 Å². The van der Waals surface area contributed by atoms with Crippen molar-refractivity contribution in [2.24, 2.45) is 11.7 Å². The van der Waals surface area contributed by atoms with E-state index in [1.54, 1.807) is 4.90 Å². The first-order valence-electron chi connectivity index (χ1n) is 7.88. The summed E-state index contributed by atoms with van der Waals surface area (Å²) in [5.41, 5.74) is 6.20. The summed E-state index contributed by atoms with van der Waals surface area (Å²) in [6.07, 6.45) is 0.801. The fraction of sp³-hybridized carbons (Fsp3) is 0.529. The maximum atomic E-state index is 12.5. The van der Waals surface area contributed by atoms with Crippen molar-refractivity contribution in [2.45, 2.75) is 37.6 Å². The Hall–Kier alpha value is -1.24. The molecule has 1 unspecified atom stereocenters. The minimum Gasteiger partial charge on any atom is -0.348 e. The average molecular weight is 372 g/mol. The van der Waals surface area contributed by atoms with E-state index in [0.29, 0.717) is 18.2 Å². The zero-order valence-corrected chi connectivity index (χ0v) is 16.0. The first-order valence-corrected chi connectivity index (χ1v) is 8.86. The van der Waals surface area contributed by atoms with E-state index in [0.717, 1.165) is 17.0 Å². The highest BCUT2D eigenvalue weighted by Crippen LogP contribution is 2.34. The van der Waals surface area contributed by atoms with E-state index in [2.05, 4.69) is 19.2 Å². The number of hydrogen-bond donors (Lipinski definition) is 2. The van der Waals surface area contributed by atoms with Gasteiger partial charge in [0.1, 0.15) is 6.54 Å². The van der Waals surface area contributed by atoms with Crippen molar-refractivity contribution < 1.29 is 9.59 Å². The van der Waals surface area contributed by atoms with Gasteiger partial charge in [-0.05, 0) is 31.4 Å². The molecule has 1 atom stereocenters. The Morgan fingerprint density at radius 2 is 2.08 bits per heavy atom. The summed E-state index contributed by atoms with van der Waals surface area (Å²) in [6.45, 7) is 6.55. The van der Waals surface area contributed by atoms with Gasteiger partial charge in [0.15, 0.2) is 0 Å². The van der Waals surface area contributed by atoms with Crippen LogP contribution in [0.2, 0.25) is 0 Å². The third kappa shape index (κ3) is 5.13. The number of fused-ring (bicyclic) bond motifs is 1. The second-order valence-electron chi connectivity index (χ2n) is 6.65. The molecule has 0 spiro atoms. The Labute approximate surface area is 154 Å². The van der Waals surface area contributed by atoms with Gasteiger partial charge in [-0.15, -0.1) is 24.2 Å². The molecule has 134 valence electrons. The predicted octanol–water partition coefficient (Wildman–Crippen LogP) is 2.43. The summed E-state index contributed by atoms with van der Waals surface area (Å²) in [4.78, 5) is 27.3. The number of rotatable bonds is 6. The van der Waals surface area contributed by atoms with E-state index in [1.165, 1.54) is 11.8 Å². The first-order chi connectivity index (χ1) is 10.8. The minimum atomic E-state index is -0.446. The molecule has 2 rings (SSSR count). The largest absolute Gasteiger partial charge is 0.348 e. The van der Waals surface area contributed by atoms with Crippen molar-refractivity contribution in [3.63, 3.8) is 0 Å². The van der Waals surface area contributed by atoms with Crippen molar-refractivity contribution in [2.75, 3.05) is 23.7 Å². The number of nitrogens with two attached hydrogens (primary N) is 1. The lowest BCUT2D eigenvalue weighted by atomic mass is 9.90. The molecule has 2 amide bonds. The van der Waals surface area contributed by atoms with Gasteiger partial charge in [-0.2, -0.15) is 0 Å². The molecule has 5 nitrogen and oxygen atoms in total. The number of nitrogens with zero attached hydrogens (tertiary/aromatic N) is 1. The number of hydrogen-bond acceptors (Lipinski definition) is 4. The Morgan fingerprint density at radius 3 is 2.71 bits per heavy atom. The van der Waals surface area contributed by atoms with Gasteiger partial charge in [-0.25, -0.2) is 0 Å². The van der Waals surface area contributed by atoms with Crippen LogP contribution < -0.4 is 16.0 Å². The van der Waals surface area contributed by atoms with E-state index < -0.39 is 5.54 Å². The summed E-state index contributed by atoms with van der Waals surface area (Å²) in [5, 5.41) is 3.01. The molecule has 0 bridgehead atoms. The van der Waals surface area contributed by atoms with Crippen molar-refractivity contribution in [3.8, 4) is 0 Å². The summed E-state index contributed by atoms with van der Waals surface area (Å²) in [7, 11) is 0. The lowest BCUT2D eigenvalue weighted by Crippen LogP contribution is -2.55. The Bertz CT molecular complexity index is 597. The molecule has 1 heterocycles. The Morgan fingerprint density at radius 1 is 1.42 bits per heavy atom. The third-order valence-corrected chi connectivity index (χ3v) is 4.91. The maximum absolute atomic E-state index is 12.5. The zero-order valence-electron chi connectivity index (χ0n) is 14.4. The number of amides is 2. The normalized spacial score (nSPS) is 16.2. The number of thioether (sulfide) groups is 1. The van der Waals surface area contributed by atoms with E-state index in [1.807, 2.05) is 31.2 Å². The molecule has 0 aromatic heterocycles. The number of nitrogens with one attached hydrogen (secondary N) is 1.